The molecule has 72 valence electrons. The highest BCUT2D eigenvalue weighted by Crippen LogP contribution is 2.07. The van der Waals surface area contributed by atoms with E-state index in [1.165, 1.54) is 0 Å². The zero-order valence-electron chi connectivity index (χ0n) is 7.76. The zero-order chi connectivity index (χ0) is 9.68. The number of hydrogen-bond acceptors (Lipinski definition) is 3. The van der Waals surface area contributed by atoms with Gasteiger partial charge in [0.15, 0.2) is 0 Å². The summed E-state index contributed by atoms with van der Waals surface area (Å²) in [5.41, 5.74) is 7.32. The fraction of sp³-hybridized carbons (Fsp3) is 0.556. The van der Waals surface area contributed by atoms with E-state index in [1.54, 1.807) is 0 Å². The largest absolute Gasteiger partial charge is 0.330 e. The van der Waals surface area contributed by atoms with Gasteiger partial charge in [0.05, 0.1) is 0 Å². The maximum absolute atomic E-state index is 5.72. The second-order valence-electron chi connectivity index (χ2n) is 3.02. The first-order valence-electron chi connectivity index (χ1n) is 4.42. The molecule has 0 amide bonds. The number of halogens is 1. The van der Waals surface area contributed by atoms with E-state index in [2.05, 4.69) is 9.97 Å². The smallest absolute Gasteiger partial charge is 0.222 e. The number of aromatic nitrogens is 2. The summed E-state index contributed by atoms with van der Waals surface area (Å²) in [6, 6.07) is 1.96. The van der Waals surface area contributed by atoms with Crippen molar-refractivity contribution in [3.8, 4) is 0 Å². The van der Waals surface area contributed by atoms with E-state index >= 15 is 0 Å². The van der Waals surface area contributed by atoms with E-state index in [-0.39, 0.29) is 0 Å². The number of rotatable bonds is 4. The molecule has 1 aromatic heterocycles. The summed E-state index contributed by atoms with van der Waals surface area (Å²) in [5.74, 6) is 0. The van der Waals surface area contributed by atoms with Crippen LogP contribution in [0.1, 0.15) is 24.2 Å². The van der Waals surface area contributed by atoms with Crippen LogP contribution in [-0.4, -0.2) is 16.5 Å². The molecule has 0 aliphatic heterocycles. The Hall–Kier alpha value is -0.670. The molecule has 4 heteroatoms. The lowest BCUT2D eigenvalue weighted by Gasteiger charge is -2.01. The monoisotopic (exact) mass is 199 g/mol. The average Bonchev–Trinajstić information content (AvgIpc) is 2.03. The number of unbranched alkanes of at least 4 members (excludes halogenated alkanes) is 1. The van der Waals surface area contributed by atoms with Gasteiger partial charge in [-0.15, -0.1) is 0 Å². The molecule has 2 N–H and O–H groups in total. The second kappa shape index (κ2) is 5.14. The molecule has 0 aliphatic carbocycles. The summed E-state index contributed by atoms with van der Waals surface area (Å²) in [5, 5.41) is 0.336. The number of nitrogens with two attached hydrogens (primary N) is 1. The summed E-state index contributed by atoms with van der Waals surface area (Å²) < 4.78 is 0. The van der Waals surface area contributed by atoms with Crippen molar-refractivity contribution in [2.75, 3.05) is 6.54 Å². The molecule has 1 aromatic rings. The topological polar surface area (TPSA) is 51.8 Å². The van der Waals surface area contributed by atoms with Gasteiger partial charge in [-0.05, 0) is 50.4 Å². The maximum Gasteiger partial charge on any atom is 0.222 e. The molecule has 13 heavy (non-hydrogen) atoms. The Balaban J connectivity index is 2.56. The molecule has 0 saturated carbocycles. The molecule has 0 aromatic carbocycles. The first-order valence-corrected chi connectivity index (χ1v) is 4.80. The molecule has 0 saturated heterocycles. The van der Waals surface area contributed by atoms with Crippen LogP contribution in [-0.2, 0) is 6.42 Å². The average molecular weight is 200 g/mol. The molecule has 0 aliphatic rings. The van der Waals surface area contributed by atoms with Crippen molar-refractivity contribution in [2.24, 2.45) is 5.73 Å². The Morgan fingerprint density at radius 1 is 1.38 bits per heavy atom. The minimum atomic E-state index is 0.336. The Morgan fingerprint density at radius 3 is 2.77 bits per heavy atom. The molecule has 1 heterocycles. The highest BCUT2D eigenvalue weighted by Gasteiger charge is 1.99. The SMILES string of the molecule is Cc1cc(CCCCN)nc(Cl)n1. The molecule has 0 unspecified atom stereocenters. The molecule has 0 spiro atoms. The fourth-order valence-electron chi connectivity index (χ4n) is 1.17. The molecular formula is C9H14ClN3. The standard InChI is InChI=1S/C9H14ClN3/c1-7-6-8(4-2-3-5-11)13-9(10)12-7/h6H,2-5,11H2,1H3. The van der Waals surface area contributed by atoms with E-state index in [0.29, 0.717) is 5.28 Å². The van der Waals surface area contributed by atoms with Crippen molar-refractivity contribution in [1.82, 2.24) is 9.97 Å². The molecule has 0 radical (unpaired) electrons. The Kier molecular flexibility index (Phi) is 4.12. The van der Waals surface area contributed by atoms with Crippen LogP contribution in [0.3, 0.4) is 0 Å². The normalized spacial score (nSPS) is 10.4. The van der Waals surface area contributed by atoms with Gasteiger partial charge in [0.1, 0.15) is 0 Å². The summed E-state index contributed by atoms with van der Waals surface area (Å²) in [6.07, 6.45) is 3.02. The van der Waals surface area contributed by atoms with Gasteiger partial charge in [0.2, 0.25) is 5.28 Å². The minimum Gasteiger partial charge on any atom is -0.330 e. The van der Waals surface area contributed by atoms with E-state index < -0.39 is 0 Å². The lowest BCUT2D eigenvalue weighted by Crippen LogP contribution is -2.00. The summed E-state index contributed by atoms with van der Waals surface area (Å²) in [6.45, 7) is 2.65. The fourth-order valence-corrected chi connectivity index (χ4v) is 1.42. The van der Waals surface area contributed by atoms with Crippen LogP contribution >= 0.6 is 11.6 Å². The maximum atomic E-state index is 5.72. The van der Waals surface area contributed by atoms with E-state index in [1.807, 2.05) is 13.0 Å². The molecule has 3 nitrogen and oxygen atoms in total. The van der Waals surface area contributed by atoms with E-state index in [0.717, 1.165) is 37.2 Å². The highest BCUT2D eigenvalue weighted by atomic mass is 35.5. The Bertz CT molecular complexity index is 255. The zero-order valence-corrected chi connectivity index (χ0v) is 8.51. The van der Waals surface area contributed by atoms with Crippen molar-refractivity contribution < 1.29 is 0 Å². The van der Waals surface area contributed by atoms with Gasteiger partial charge >= 0.3 is 0 Å². The predicted molar refractivity (Wildman–Crippen MR) is 53.8 cm³/mol. The molecule has 0 bridgehead atoms. The van der Waals surface area contributed by atoms with Crippen LogP contribution in [0.2, 0.25) is 5.28 Å². The van der Waals surface area contributed by atoms with Gasteiger partial charge in [-0.25, -0.2) is 9.97 Å². The summed E-state index contributed by atoms with van der Waals surface area (Å²) >= 11 is 5.72. The molecular weight excluding hydrogens is 186 g/mol. The van der Waals surface area contributed by atoms with E-state index in [4.69, 9.17) is 17.3 Å². The second-order valence-corrected chi connectivity index (χ2v) is 3.35. The van der Waals surface area contributed by atoms with Gasteiger partial charge in [0.25, 0.3) is 0 Å². The molecule has 0 fully saturated rings. The van der Waals surface area contributed by atoms with Crippen molar-refractivity contribution in [3.05, 3.63) is 22.7 Å². The van der Waals surface area contributed by atoms with Gasteiger partial charge in [-0.2, -0.15) is 0 Å². The number of hydrogen-bond donors (Lipinski definition) is 1. The minimum absolute atomic E-state index is 0.336. The lowest BCUT2D eigenvalue weighted by molar-refractivity contribution is 0.729. The van der Waals surface area contributed by atoms with Crippen LogP contribution in [0, 0.1) is 6.92 Å². The van der Waals surface area contributed by atoms with Crippen molar-refractivity contribution in [1.29, 1.82) is 0 Å². The highest BCUT2D eigenvalue weighted by molar-refractivity contribution is 6.28. The van der Waals surface area contributed by atoms with Crippen molar-refractivity contribution in [2.45, 2.75) is 26.2 Å². The third-order valence-corrected chi connectivity index (χ3v) is 1.94. The molecule has 1 rings (SSSR count). The van der Waals surface area contributed by atoms with Gasteiger partial charge in [-0.1, -0.05) is 0 Å². The van der Waals surface area contributed by atoms with E-state index in [9.17, 15) is 0 Å². The van der Waals surface area contributed by atoms with Crippen LogP contribution in [0.4, 0.5) is 0 Å². The number of nitrogens with zero attached hydrogens (tertiary/aromatic N) is 2. The van der Waals surface area contributed by atoms with Crippen molar-refractivity contribution in [3.63, 3.8) is 0 Å². The van der Waals surface area contributed by atoms with Gasteiger partial charge in [0, 0.05) is 11.4 Å². The quantitative estimate of drug-likeness (QED) is 0.594. The van der Waals surface area contributed by atoms with Gasteiger partial charge < -0.3 is 5.73 Å². The molecule has 0 atom stereocenters. The third kappa shape index (κ3) is 3.70. The third-order valence-electron chi connectivity index (χ3n) is 1.77. The Labute approximate surface area is 83.3 Å². The van der Waals surface area contributed by atoms with Crippen LogP contribution in [0.25, 0.3) is 0 Å². The van der Waals surface area contributed by atoms with Crippen LogP contribution in [0.15, 0.2) is 6.07 Å². The Morgan fingerprint density at radius 2 is 2.15 bits per heavy atom. The summed E-state index contributed by atoms with van der Waals surface area (Å²) in [4.78, 5) is 8.11. The van der Waals surface area contributed by atoms with Crippen LogP contribution in [0.5, 0.6) is 0 Å². The number of aryl methyl sites for hydroxylation is 2. The van der Waals surface area contributed by atoms with Crippen LogP contribution < -0.4 is 5.73 Å². The first kappa shape index (κ1) is 10.4. The first-order chi connectivity index (χ1) is 6.22. The van der Waals surface area contributed by atoms with Crippen molar-refractivity contribution >= 4 is 11.6 Å². The summed E-state index contributed by atoms with van der Waals surface area (Å²) in [7, 11) is 0. The van der Waals surface area contributed by atoms with Gasteiger partial charge in [-0.3, -0.25) is 0 Å². The lowest BCUT2D eigenvalue weighted by atomic mass is 10.2. The predicted octanol–water partition coefficient (Wildman–Crippen LogP) is 1.72.